The van der Waals surface area contributed by atoms with E-state index >= 15 is 0 Å². The van der Waals surface area contributed by atoms with Gasteiger partial charge in [0.2, 0.25) is 0 Å². The highest BCUT2D eigenvalue weighted by molar-refractivity contribution is 7.99. The van der Waals surface area contributed by atoms with Gasteiger partial charge in [-0.3, -0.25) is 0 Å². The fraction of sp³-hybridized carbons (Fsp3) is 0.556. The third-order valence-corrected chi connectivity index (χ3v) is 3.84. The predicted octanol–water partition coefficient (Wildman–Crippen LogP) is 2.57. The molecule has 1 aliphatic heterocycles. The third kappa shape index (κ3) is 3.68. The fourth-order valence-electron chi connectivity index (χ4n) is 1.45. The zero-order chi connectivity index (χ0) is 12.3. The number of halogens is 3. The quantitative estimate of drug-likeness (QED) is 0.864. The van der Waals surface area contributed by atoms with Crippen molar-refractivity contribution in [1.29, 1.82) is 0 Å². The van der Waals surface area contributed by atoms with E-state index in [0.29, 0.717) is 29.0 Å². The molecule has 2 rings (SSSR count). The Labute approximate surface area is 105 Å². The average molecular weight is 281 g/mol. The summed E-state index contributed by atoms with van der Waals surface area (Å²) in [6.45, 7) is 1.54. The molecule has 0 aromatic carbocycles. The van der Waals surface area contributed by atoms with Crippen molar-refractivity contribution in [3.05, 3.63) is 11.8 Å². The van der Waals surface area contributed by atoms with E-state index in [1.165, 1.54) is 0 Å². The number of nitrogens with zero attached hydrogens (tertiary/aromatic N) is 2. The first-order valence-electron chi connectivity index (χ1n) is 4.98. The highest BCUT2D eigenvalue weighted by Crippen LogP contribution is 2.31. The lowest BCUT2D eigenvalue weighted by Crippen LogP contribution is -2.21. The van der Waals surface area contributed by atoms with E-state index in [4.69, 9.17) is 0 Å². The molecular weight excluding hydrogens is 271 g/mol. The van der Waals surface area contributed by atoms with Crippen LogP contribution in [-0.2, 0) is 0 Å². The van der Waals surface area contributed by atoms with Crippen LogP contribution >= 0.6 is 23.5 Å². The molecule has 8 heteroatoms. The maximum atomic E-state index is 12.1. The lowest BCUT2D eigenvalue weighted by atomic mass is 10.1. The van der Waals surface area contributed by atoms with Gasteiger partial charge in [-0.25, -0.2) is 0 Å². The molecule has 94 valence electrons. The van der Waals surface area contributed by atoms with Crippen molar-refractivity contribution in [3.8, 4) is 0 Å². The Balaban J connectivity index is 2.09. The minimum absolute atomic E-state index is 0.377. The van der Waals surface area contributed by atoms with Gasteiger partial charge < -0.3 is 5.32 Å². The predicted molar refractivity (Wildman–Crippen MR) is 62.2 cm³/mol. The van der Waals surface area contributed by atoms with E-state index in [9.17, 15) is 13.2 Å². The third-order valence-electron chi connectivity index (χ3n) is 2.16. The molecule has 0 fully saturated rings. The molecule has 1 aromatic heterocycles. The van der Waals surface area contributed by atoms with Gasteiger partial charge in [-0.2, -0.15) is 21.9 Å². The fourth-order valence-corrected chi connectivity index (χ4v) is 2.91. The Morgan fingerprint density at radius 2 is 2.24 bits per heavy atom. The maximum Gasteiger partial charge on any atom is 0.398 e. The van der Waals surface area contributed by atoms with Gasteiger partial charge in [0, 0.05) is 6.54 Å². The summed E-state index contributed by atoms with van der Waals surface area (Å²) < 4.78 is 44.4. The van der Waals surface area contributed by atoms with Crippen molar-refractivity contribution >= 4 is 29.1 Å². The summed E-state index contributed by atoms with van der Waals surface area (Å²) in [4.78, 5) is 0. The lowest BCUT2D eigenvalue weighted by Gasteiger charge is -2.13. The Kier molecular flexibility index (Phi) is 4.05. The molecule has 0 spiro atoms. The highest BCUT2D eigenvalue weighted by atomic mass is 32.2. The molecule has 1 aromatic rings. The molecule has 0 saturated carbocycles. The molecule has 0 saturated heterocycles. The minimum atomic E-state index is -4.18. The molecule has 0 atom stereocenters. The van der Waals surface area contributed by atoms with Crippen LogP contribution in [0.1, 0.15) is 12.1 Å². The molecule has 1 N–H and O–H groups in total. The normalized spacial score (nSPS) is 17.0. The monoisotopic (exact) mass is 281 g/mol. The van der Waals surface area contributed by atoms with Crippen LogP contribution < -0.4 is 5.32 Å². The maximum absolute atomic E-state index is 12.1. The Bertz CT molecular complexity index is 414. The Morgan fingerprint density at radius 3 is 2.88 bits per heavy atom. The second-order valence-electron chi connectivity index (χ2n) is 3.52. The minimum Gasteiger partial charge on any atom is -0.312 e. The van der Waals surface area contributed by atoms with Gasteiger partial charge in [-0.05, 0) is 18.5 Å². The summed E-state index contributed by atoms with van der Waals surface area (Å²) in [5, 5.41) is 3.54. The number of alkyl halides is 3. The molecule has 17 heavy (non-hydrogen) atoms. The Morgan fingerprint density at radius 1 is 1.41 bits per heavy atom. The molecule has 3 nitrogen and oxygen atoms in total. The molecule has 0 bridgehead atoms. The topological polar surface area (TPSA) is 37.8 Å². The summed E-state index contributed by atoms with van der Waals surface area (Å²) in [7, 11) is 0. The highest BCUT2D eigenvalue weighted by Gasteiger charge is 2.29. The van der Waals surface area contributed by atoms with Gasteiger partial charge in [-0.15, -0.1) is 0 Å². The first kappa shape index (κ1) is 12.8. The molecular formula is C9H10F3N3S2. The van der Waals surface area contributed by atoms with Gasteiger partial charge in [0.25, 0.3) is 0 Å². The number of rotatable bonds is 3. The van der Waals surface area contributed by atoms with Gasteiger partial charge in [0.1, 0.15) is 10.7 Å². The summed E-state index contributed by atoms with van der Waals surface area (Å²) >= 11 is 1.65. The van der Waals surface area contributed by atoms with Gasteiger partial charge in [0.05, 0.1) is 17.5 Å². The van der Waals surface area contributed by atoms with Crippen LogP contribution in [0, 0.1) is 0 Å². The van der Waals surface area contributed by atoms with E-state index in [-0.39, 0.29) is 0 Å². The van der Waals surface area contributed by atoms with E-state index < -0.39 is 11.9 Å². The van der Waals surface area contributed by atoms with Crippen molar-refractivity contribution in [2.45, 2.75) is 17.6 Å². The molecule has 0 aliphatic carbocycles. The Hall–Kier alpha value is -0.600. The van der Waals surface area contributed by atoms with Crippen LogP contribution in [0.5, 0.6) is 0 Å². The van der Waals surface area contributed by atoms with Crippen LogP contribution in [-0.4, -0.2) is 33.8 Å². The average Bonchev–Trinajstić information content (AvgIpc) is 2.75. The number of hydrogen-bond donors (Lipinski definition) is 1. The summed E-state index contributed by atoms with van der Waals surface area (Å²) in [5.74, 6) is -0.924. The first-order valence-corrected chi connectivity index (χ1v) is 6.70. The SMILES string of the molecule is FC(F)(F)CSc1nsnc1C1=CCCNC1. The van der Waals surface area contributed by atoms with Crippen LogP contribution in [0.25, 0.3) is 5.57 Å². The van der Waals surface area contributed by atoms with E-state index in [0.717, 1.165) is 30.3 Å². The van der Waals surface area contributed by atoms with Crippen molar-refractivity contribution in [3.63, 3.8) is 0 Å². The van der Waals surface area contributed by atoms with Crippen LogP contribution in [0.3, 0.4) is 0 Å². The summed E-state index contributed by atoms with van der Waals surface area (Å²) in [6, 6.07) is 0. The standard InChI is InChI=1S/C9H10F3N3S2/c10-9(11,12)5-16-8-7(14-17-15-8)6-2-1-3-13-4-6/h2,13H,1,3-5H2. The lowest BCUT2D eigenvalue weighted by molar-refractivity contribution is -0.105. The van der Waals surface area contributed by atoms with Crippen LogP contribution in [0.15, 0.2) is 11.1 Å². The van der Waals surface area contributed by atoms with Crippen molar-refractivity contribution in [1.82, 2.24) is 14.1 Å². The summed E-state index contributed by atoms with van der Waals surface area (Å²) in [5.41, 5.74) is 1.53. The smallest absolute Gasteiger partial charge is 0.312 e. The zero-order valence-corrected chi connectivity index (χ0v) is 10.4. The van der Waals surface area contributed by atoms with E-state index in [2.05, 4.69) is 14.1 Å². The van der Waals surface area contributed by atoms with Crippen LogP contribution in [0.4, 0.5) is 13.2 Å². The van der Waals surface area contributed by atoms with Crippen LogP contribution in [0.2, 0.25) is 0 Å². The second-order valence-corrected chi connectivity index (χ2v) is 5.01. The molecule has 2 heterocycles. The molecule has 0 unspecified atom stereocenters. The van der Waals surface area contributed by atoms with Gasteiger partial charge in [-0.1, -0.05) is 17.8 Å². The molecule has 1 aliphatic rings. The number of hydrogen-bond acceptors (Lipinski definition) is 5. The number of aromatic nitrogens is 2. The first-order chi connectivity index (χ1) is 8.06. The largest absolute Gasteiger partial charge is 0.398 e. The van der Waals surface area contributed by atoms with Crippen molar-refractivity contribution in [2.24, 2.45) is 0 Å². The van der Waals surface area contributed by atoms with Crippen molar-refractivity contribution in [2.75, 3.05) is 18.8 Å². The zero-order valence-electron chi connectivity index (χ0n) is 8.75. The summed E-state index contributed by atoms with van der Waals surface area (Å²) in [6.07, 6.45) is -1.30. The number of thioether (sulfide) groups is 1. The van der Waals surface area contributed by atoms with Gasteiger partial charge >= 0.3 is 6.18 Å². The van der Waals surface area contributed by atoms with E-state index in [1.54, 1.807) is 0 Å². The van der Waals surface area contributed by atoms with Crippen molar-refractivity contribution < 1.29 is 13.2 Å². The molecule has 0 radical (unpaired) electrons. The van der Waals surface area contributed by atoms with Gasteiger partial charge in [0.15, 0.2) is 0 Å². The molecule has 0 amide bonds. The number of nitrogens with one attached hydrogen (secondary N) is 1. The second kappa shape index (κ2) is 5.36. The van der Waals surface area contributed by atoms with E-state index in [1.807, 2.05) is 6.08 Å².